The van der Waals surface area contributed by atoms with E-state index in [4.69, 9.17) is 9.47 Å². The molecule has 3 aromatic rings. The van der Waals surface area contributed by atoms with E-state index in [2.05, 4.69) is 31.9 Å². The summed E-state index contributed by atoms with van der Waals surface area (Å²) in [7, 11) is 1.58. The number of halogens is 2. The van der Waals surface area contributed by atoms with Gasteiger partial charge in [-0.15, -0.1) is 0 Å². The summed E-state index contributed by atoms with van der Waals surface area (Å²) in [6.07, 6.45) is 1.70. The molecule has 158 valence electrons. The highest BCUT2D eigenvalue weighted by Crippen LogP contribution is 2.37. The van der Waals surface area contributed by atoms with Gasteiger partial charge in [0.1, 0.15) is 18.1 Å². The Morgan fingerprint density at radius 1 is 1.03 bits per heavy atom. The molecule has 0 N–H and O–H groups in total. The molecule has 5 nitrogen and oxygen atoms in total. The summed E-state index contributed by atoms with van der Waals surface area (Å²) in [4.78, 5) is 26.8. The van der Waals surface area contributed by atoms with Crippen LogP contribution in [0.1, 0.15) is 5.56 Å². The Morgan fingerprint density at radius 2 is 1.74 bits per heavy atom. The summed E-state index contributed by atoms with van der Waals surface area (Å²) >= 11 is 7.83. The highest BCUT2D eigenvalue weighted by molar-refractivity contribution is 9.11. The van der Waals surface area contributed by atoms with Crippen LogP contribution in [0.3, 0.4) is 0 Å². The van der Waals surface area contributed by atoms with Crippen LogP contribution in [0, 0.1) is 0 Å². The fourth-order valence-corrected chi connectivity index (χ4v) is 5.68. The molecule has 1 aliphatic rings. The molecule has 8 heteroatoms. The molecule has 0 aromatic heterocycles. The molecule has 0 radical (unpaired) electrons. The molecule has 0 unspecified atom stereocenters. The van der Waals surface area contributed by atoms with Crippen molar-refractivity contribution in [2.45, 2.75) is 0 Å². The van der Waals surface area contributed by atoms with Crippen molar-refractivity contribution in [3.8, 4) is 11.5 Å². The van der Waals surface area contributed by atoms with Gasteiger partial charge in [0, 0.05) is 5.39 Å². The standard InChI is InChI=1S/C23H17Br2NO4S/c1-29-21-17(24)11-14(12-18(21)25)13-20-22(27)26(23(28)31-20)9-10-30-19-8-4-6-15-5-2-3-7-16(15)19/h2-8,11-13H,9-10H2,1H3/b20-13-. The van der Waals surface area contributed by atoms with Gasteiger partial charge in [-0.1, -0.05) is 36.4 Å². The van der Waals surface area contributed by atoms with Gasteiger partial charge in [-0.3, -0.25) is 14.5 Å². The van der Waals surface area contributed by atoms with Crippen LogP contribution in [0.25, 0.3) is 16.8 Å². The van der Waals surface area contributed by atoms with E-state index in [0.717, 1.165) is 42.8 Å². The molecule has 1 saturated heterocycles. The summed E-state index contributed by atoms with van der Waals surface area (Å²) in [6.45, 7) is 0.403. The lowest BCUT2D eigenvalue weighted by molar-refractivity contribution is -0.123. The molecule has 0 aliphatic carbocycles. The topological polar surface area (TPSA) is 55.8 Å². The summed E-state index contributed by atoms with van der Waals surface area (Å²) in [5.74, 6) is 1.07. The van der Waals surface area contributed by atoms with Crippen LogP contribution in [0.15, 0.2) is 68.4 Å². The SMILES string of the molecule is COc1c(Br)cc(/C=C2\SC(=O)N(CCOc3cccc4ccccc34)C2=O)cc1Br. The number of rotatable bonds is 6. The molecule has 0 spiro atoms. The van der Waals surface area contributed by atoms with Gasteiger partial charge >= 0.3 is 0 Å². The van der Waals surface area contributed by atoms with Gasteiger partial charge in [-0.2, -0.15) is 0 Å². The third kappa shape index (κ3) is 4.66. The number of hydrogen-bond acceptors (Lipinski definition) is 5. The summed E-state index contributed by atoms with van der Waals surface area (Å²) < 4.78 is 12.7. The molecular formula is C23H17Br2NO4S. The fraction of sp³-hybridized carbons (Fsp3) is 0.130. The molecule has 1 heterocycles. The highest BCUT2D eigenvalue weighted by Gasteiger charge is 2.34. The van der Waals surface area contributed by atoms with Crippen molar-refractivity contribution >= 4 is 71.6 Å². The first-order valence-corrected chi connectivity index (χ1v) is 11.8. The van der Waals surface area contributed by atoms with Crippen LogP contribution in [0.4, 0.5) is 4.79 Å². The van der Waals surface area contributed by atoms with Crippen molar-refractivity contribution in [2.75, 3.05) is 20.3 Å². The lowest BCUT2D eigenvalue weighted by Crippen LogP contribution is -2.32. The Kier molecular flexibility index (Phi) is 6.69. The van der Waals surface area contributed by atoms with Crippen molar-refractivity contribution in [3.05, 3.63) is 74.0 Å². The number of nitrogens with zero attached hydrogens (tertiary/aromatic N) is 1. The number of methoxy groups -OCH3 is 1. The third-order valence-electron chi connectivity index (χ3n) is 4.72. The largest absolute Gasteiger partial charge is 0.494 e. The van der Waals surface area contributed by atoms with E-state index in [0.29, 0.717) is 10.7 Å². The number of hydrogen-bond donors (Lipinski definition) is 0. The van der Waals surface area contributed by atoms with Crippen LogP contribution in [0.5, 0.6) is 11.5 Å². The normalized spacial score (nSPS) is 15.2. The monoisotopic (exact) mass is 561 g/mol. The van der Waals surface area contributed by atoms with E-state index >= 15 is 0 Å². The molecular weight excluding hydrogens is 546 g/mol. The molecule has 0 atom stereocenters. The van der Waals surface area contributed by atoms with Gasteiger partial charge in [0.25, 0.3) is 11.1 Å². The van der Waals surface area contributed by atoms with E-state index in [9.17, 15) is 9.59 Å². The smallest absolute Gasteiger partial charge is 0.293 e. The number of carbonyl (C=O) groups is 2. The molecule has 1 aliphatic heterocycles. The van der Waals surface area contributed by atoms with Crippen LogP contribution < -0.4 is 9.47 Å². The first-order valence-electron chi connectivity index (χ1n) is 9.37. The Labute approximate surface area is 200 Å². The van der Waals surface area contributed by atoms with Gasteiger partial charge in [0.2, 0.25) is 0 Å². The number of imide groups is 1. The summed E-state index contributed by atoms with van der Waals surface area (Å²) in [5, 5.41) is 1.77. The maximum absolute atomic E-state index is 12.8. The van der Waals surface area contributed by atoms with E-state index in [-0.39, 0.29) is 24.3 Å². The maximum Gasteiger partial charge on any atom is 0.293 e. The van der Waals surface area contributed by atoms with E-state index in [1.807, 2.05) is 54.6 Å². The third-order valence-corrected chi connectivity index (χ3v) is 6.80. The number of ether oxygens (including phenoxy) is 2. The second kappa shape index (κ2) is 9.46. The summed E-state index contributed by atoms with van der Waals surface area (Å²) in [5.41, 5.74) is 0.775. The number of thioether (sulfide) groups is 1. The van der Waals surface area contributed by atoms with Crippen molar-refractivity contribution in [1.29, 1.82) is 0 Å². The number of carbonyl (C=O) groups excluding carboxylic acids is 2. The van der Waals surface area contributed by atoms with Crippen molar-refractivity contribution < 1.29 is 19.1 Å². The zero-order chi connectivity index (χ0) is 22.0. The van der Waals surface area contributed by atoms with E-state index < -0.39 is 0 Å². The molecule has 2 amide bonds. The molecule has 3 aromatic carbocycles. The zero-order valence-corrected chi connectivity index (χ0v) is 20.4. The van der Waals surface area contributed by atoms with Crippen molar-refractivity contribution in [2.24, 2.45) is 0 Å². The first kappa shape index (κ1) is 21.9. The molecule has 31 heavy (non-hydrogen) atoms. The van der Waals surface area contributed by atoms with E-state index in [1.165, 1.54) is 4.90 Å². The predicted molar refractivity (Wildman–Crippen MR) is 131 cm³/mol. The summed E-state index contributed by atoms with van der Waals surface area (Å²) in [6, 6.07) is 17.4. The Morgan fingerprint density at radius 3 is 2.48 bits per heavy atom. The molecule has 1 fully saturated rings. The number of fused-ring (bicyclic) bond motifs is 1. The van der Waals surface area contributed by atoms with Crippen LogP contribution in [-0.2, 0) is 4.79 Å². The quantitative estimate of drug-likeness (QED) is 0.321. The van der Waals surface area contributed by atoms with Gasteiger partial charge < -0.3 is 9.47 Å². The zero-order valence-electron chi connectivity index (χ0n) is 16.4. The van der Waals surface area contributed by atoms with E-state index in [1.54, 1.807) is 13.2 Å². The Hall–Kier alpha value is -2.29. The van der Waals surface area contributed by atoms with Gasteiger partial charge in [0.15, 0.2) is 0 Å². The number of benzene rings is 3. The second-order valence-electron chi connectivity index (χ2n) is 6.68. The van der Waals surface area contributed by atoms with Gasteiger partial charge in [-0.25, -0.2) is 0 Å². The average Bonchev–Trinajstić information content (AvgIpc) is 3.01. The van der Waals surface area contributed by atoms with Gasteiger partial charge in [-0.05, 0) is 78.8 Å². The lowest BCUT2D eigenvalue weighted by atomic mass is 10.1. The van der Waals surface area contributed by atoms with Crippen LogP contribution in [-0.4, -0.2) is 36.3 Å². The van der Waals surface area contributed by atoms with Crippen molar-refractivity contribution in [1.82, 2.24) is 4.90 Å². The highest BCUT2D eigenvalue weighted by atomic mass is 79.9. The first-order chi connectivity index (χ1) is 15.0. The van der Waals surface area contributed by atoms with Crippen molar-refractivity contribution in [3.63, 3.8) is 0 Å². The minimum Gasteiger partial charge on any atom is -0.494 e. The fourth-order valence-electron chi connectivity index (χ4n) is 3.27. The minimum atomic E-state index is -0.320. The second-order valence-corrected chi connectivity index (χ2v) is 9.38. The maximum atomic E-state index is 12.8. The minimum absolute atomic E-state index is 0.182. The Balaban J connectivity index is 1.46. The molecule has 0 saturated carbocycles. The lowest BCUT2D eigenvalue weighted by Gasteiger charge is -2.14. The van der Waals surface area contributed by atoms with Gasteiger partial charge in [0.05, 0.1) is 27.5 Å². The average molecular weight is 563 g/mol. The Bertz CT molecular complexity index is 1180. The molecule has 4 rings (SSSR count). The number of amides is 2. The molecule has 0 bridgehead atoms. The van der Waals surface area contributed by atoms with Crippen LogP contribution in [0.2, 0.25) is 0 Å². The van der Waals surface area contributed by atoms with Crippen LogP contribution >= 0.6 is 43.6 Å². The predicted octanol–water partition coefficient (Wildman–Crippen LogP) is 6.49.